The zero-order valence-corrected chi connectivity index (χ0v) is 10.5. The lowest BCUT2D eigenvalue weighted by Crippen LogP contribution is -2.07. The number of hydrogen-bond acceptors (Lipinski definition) is 2. The van der Waals surface area contributed by atoms with Crippen LogP contribution in [0.2, 0.25) is 0 Å². The number of nitrogens with zero attached hydrogens (tertiary/aromatic N) is 2. The number of H-pyrrole nitrogens is 1. The van der Waals surface area contributed by atoms with Crippen molar-refractivity contribution in [1.82, 2.24) is 15.0 Å². The van der Waals surface area contributed by atoms with Crippen molar-refractivity contribution in [3.05, 3.63) is 84.2 Å². The van der Waals surface area contributed by atoms with Gasteiger partial charge in [-0.1, -0.05) is 36.4 Å². The van der Waals surface area contributed by atoms with Gasteiger partial charge in [0, 0.05) is 36.1 Å². The van der Waals surface area contributed by atoms with Gasteiger partial charge in [-0.15, -0.1) is 0 Å². The summed E-state index contributed by atoms with van der Waals surface area (Å²) >= 11 is 0. The summed E-state index contributed by atoms with van der Waals surface area (Å²) in [6.07, 6.45) is 6.31. The molecule has 0 unspecified atom stereocenters. The lowest BCUT2D eigenvalue weighted by atomic mass is 9.91. The second kappa shape index (κ2) is 5.48. The van der Waals surface area contributed by atoms with Crippen molar-refractivity contribution in [2.24, 2.45) is 0 Å². The summed E-state index contributed by atoms with van der Waals surface area (Å²) < 4.78 is 0. The van der Waals surface area contributed by atoms with E-state index in [1.54, 1.807) is 6.33 Å². The van der Waals surface area contributed by atoms with Crippen molar-refractivity contribution in [3.63, 3.8) is 0 Å². The van der Waals surface area contributed by atoms with Gasteiger partial charge in [-0.3, -0.25) is 4.98 Å². The van der Waals surface area contributed by atoms with Crippen molar-refractivity contribution < 1.29 is 0 Å². The molecule has 0 bridgehead atoms. The van der Waals surface area contributed by atoms with Crippen molar-refractivity contribution in [2.75, 3.05) is 0 Å². The minimum Gasteiger partial charge on any atom is -0.348 e. The highest BCUT2D eigenvalue weighted by Gasteiger charge is 2.16. The van der Waals surface area contributed by atoms with E-state index >= 15 is 0 Å². The van der Waals surface area contributed by atoms with E-state index in [1.807, 2.05) is 30.6 Å². The Balaban J connectivity index is 1.96. The summed E-state index contributed by atoms with van der Waals surface area (Å²) in [6, 6.07) is 16.5. The fourth-order valence-corrected chi connectivity index (χ4v) is 2.28. The number of imidazole rings is 1. The van der Waals surface area contributed by atoms with Crippen LogP contribution in [-0.4, -0.2) is 15.0 Å². The van der Waals surface area contributed by atoms with Gasteiger partial charge in [-0.25, -0.2) is 4.98 Å². The Morgan fingerprint density at radius 2 is 1.84 bits per heavy atom. The molecule has 0 aliphatic rings. The monoisotopic (exact) mass is 249 g/mol. The SMILES string of the molecule is c1ccc([C@H](Cc2cnc[nH]2)c2ccccn2)cc1. The molecule has 0 saturated carbocycles. The molecule has 3 heteroatoms. The lowest BCUT2D eigenvalue weighted by Gasteiger charge is -2.16. The number of aromatic nitrogens is 3. The first-order valence-electron chi connectivity index (χ1n) is 6.36. The van der Waals surface area contributed by atoms with Gasteiger partial charge in [0.2, 0.25) is 0 Å². The van der Waals surface area contributed by atoms with Gasteiger partial charge in [0.1, 0.15) is 0 Å². The first kappa shape index (κ1) is 11.7. The average molecular weight is 249 g/mol. The molecule has 0 saturated heterocycles. The van der Waals surface area contributed by atoms with Crippen LogP contribution in [0.5, 0.6) is 0 Å². The minimum atomic E-state index is 0.253. The fraction of sp³-hybridized carbons (Fsp3) is 0.125. The highest BCUT2D eigenvalue weighted by molar-refractivity contribution is 5.30. The van der Waals surface area contributed by atoms with Gasteiger partial charge < -0.3 is 4.98 Å². The molecule has 94 valence electrons. The first-order valence-corrected chi connectivity index (χ1v) is 6.36. The van der Waals surface area contributed by atoms with Gasteiger partial charge in [0.25, 0.3) is 0 Å². The molecule has 1 N–H and O–H groups in total. The second-order valence-electron chi connectivity index (χ2n) is 4.50. The van der Waals surface area contributed by atoms with E-state index < -0.39 is 0 Å². The topological polar surface area (TPSA) is 41.6 Å². The second-order valence-corrected chi connectivity index (χ2v) is 4.50. The highest BCUT2D eigenvalue weighted by Crippen LogP contribution is 2.26. The number of pyridine rings is 1. The van der Waals surface area contributed by atoms with Crippen LogP contribution in [0.3, 0.4) is 0 Å². The van der Waals surface area contributed by atoms with Gasteiger partial charge in [0.05, 0.1) is 6.33 Å². The van der Waals surface area contributed by atoms with E-state index in [9.17, 15) is 0 Å². The third-order valence-corrected chi connectivity index (χ3v) is 3.23. The zero-order chi connectivity index (χ0) is 12.9. The molecule has 0 aliphatic heterocycles. The lowest BCUT2D eigenvalue weighted by molar-refractivity contribution is 0.759. The van der Waals surface area contributed by atoms with Crippen LogP contribution in [0.15, 0.2) is 67.3 Å². The molecular weight excluding hydrogens is 234 g/mol. The van der Waals surface area contributed by atoms with Crippen molar-refractivity contribution in [3.8, 4) is 0 Å². The Bertz CT molecular complexity index is 564. The third kappa shape index (κ3) is 2.71. The first-order chi connectivity index (χ1) is 9.43. The average Bonchev–Trinajstić information content (AvgIpc) is 3.00. The molecular formula is C16H15N3. The smallest absolute Gasteiger partial charge is 0.0921 e. The van der Waals surface area contributed by atoms with Crippen LogP contribution in [-0.2, 0) is 6.42 Å². The third-order valence-electron chi connectivity index (χ3n) is 3.23. The molecule has 3 nitrogen and oxygen atoms in total. The Labute approximate surface area is 112 Å². The zero-order valence-electron chi connectivity index (χ0n) is 10.5. The predicted molar refractivity (Wildman–Crippen MR) is 74.8 cm³/mol. The minimum absolute atomic E-state index is 0.253. The maximum atomic E-state index is 4.50. The van der Waals surface area contributed by atoms with Gasteiger partial charge in [0.15, 0.2) is 0 Å². The maximum absolute atomic E-state index is 4.50. The summed E-state index contributed by atoms with van der Waals surface area (Å²) in [4.78, 5) is 11.8. The molecule has 1 atom stereocenters. The quantitative estimate of drug-likeness (QED) is 0.771. The summed E-state index contributed by atoms with van der Waals surface area (Å²) in [5, 5.41) is 0. The molecule has 2 heterocycles. The van der Waals surface area contributed by atoms with Crippen molar-refractivity contribution in [1.29, 1.82) is 0 Å². The van der Waals surface area contributed by atoms with Gasteiger partial charge in [-0.05, 0) is 17.7 Å². The number of nitrogens with one attached hydrogen (secondary N) is 1. The summed E-state index contributed by atoms with van der Waals surface area (Å²) in [5.74, 6) is 0.253. The van der Waals surface area contributed by atoms with E-state index in [0.717, 1.165) is 17.8 Å². The van der Waals surface area contributed by atoms with Crippen LogP contribution in [0.1, 0.15) is 22.9 Å². The molecule has 0 aliphatic carbocycles. The normalized spacial score (nSPS) is 12.2. The summed E-state index contributed by atoms with van der Waals surface area (Å²) in [6.45, 7) is 0. The Morgan fingerprint density at radius 3 is 2.53 bits per heavy atom. The standard InChI is InChI=1S/C16H15N3/c1-2-6-13(7-3-1)15(10-14-11-17-12-19-14)16-8-4-5-9-18-16/h1-9,11-12,15H,10H2,(H,17,19)/t15-/m0/s1. The molecule has 19 heavy (non-hydrogen) atoms. The van der Waals surface area contributed by atoms with E-state index in [0.29, 0.717) is 0 Å². The highest BCUT2D eigenvalue weighted by atomic mass is 14.9. The number of benzene rings is 1. The Hall–Kier alpha value is -2.42. The molecule has 0 amide bonds. The van der Waals surface area contributed by atoms with Crippen LogP contribution in [0.25, 0.3) is 0 Å². The Morgan fingerprint density at radius 1 is 1.00 bits per heavy atom. The fourth-order valence-electron chi connectivity index (χ4n) is 2.28. The van der Waals surface area contributed by atoms with E-state index in [1.165, 1.54) is 5.56 Å². The van der Waals surface area contributed by atoms with Crippen LogP contribution < -0.4 is 0 Å². The molecule has 0 spiro atoms. The van der Waals surface area contributed by atoms with Crippen LogP contribution >= 0.6 is 0 Å². The molecule has 3 rings (SSSR count). The van der Waals surface area contributed by atoms with E-state index in [4.69, 9.17) is 0 Å². The van der Waals surface area contributed by atoms with E-state index in [-0.39, 0.29) is 5.92 Å². The van der Waals surface area contributed by atoms with Crippen molar-refractivity contribution in [2.45, 2.75) is 12.3 Å². The molecule has 0 fully saturated rings. The van der Waals surface area contributed by atoms with Gasteiger partial charge in [-0.2, -0.15) is 0 Å². The van der Waals surface area contributed by atoms with Crippen LogP contribution in [0.4, 0.5) is 0 Å². The number of hydrogen-bond donors (Lipinski definition) is 1. The predicted octanol–water partition coefficient (Wildman–Crippen LogP) is 3.18. The Kier molecular flexibility index (Phi) is 3.36. The van der Waals surface area contributed by atoms with Crippen LogP contribution in [0, 0.1) is 0 Å². The van der Waals surface area contributed by atoms with E-state index in [2.05, 4.69) is 45.3 Å². The summed E-state index contributed by atoms with van der Waals surface area (Å²) in [7, 11) is 0. The number of rotatable bonds is 4. The van der Waals surface area contributed by atoms with Gasteiger partial charge >= 0.3 is 0 Å². The maximum Gasteiger partial charge on any atom is 0.0921 e. The summed E-state index contributed by atoms with van der Waals surface area (Å²) in [5.41, 5.74) is 3.48. The number of aromatic amines is 1. The largest absolute Gasteiger partial charge is 0.348 e. The molecule has 2 aromatic heterocycles. The molecule has 3 aromatic rings. The molecule has 0 radical (unpaired) electrons. The van der Waals surface area contributed by atoms with Crippen molar-refractivity contribution >= 4 is 0 Å². The molecule has 1 aromatic carbocycles.